The van der Waals surface area contributed by atoms with E-state index in [0.717, 1.165) is 37.1 Å². The van der Waals surface area contributed by atoms with Gasteiger partial charge in [-0.3, -0.25) is 14.2 Å². The van der Waals surface area contributed by atoms with Crippen LogP contribution in [0.25, 0.3) is 10.9 Å². The lowest BCUT2D eigenvalue weighted by atomic mass is 10.2. The normalized spacial score (nSPS) is 14.7. The predicted octanol–water partition coefficient (Wildman–Crippen LogP) is 2.54. The van der Waals surface area contributed by atoms with E-state index in [-0.39, 0.29) is 12.0 Å². The van der Waals surface area contributed by atoms with Gasteiger partial charge in [0.15, 0.2) is 4.77 Å². The molecule has 26 heavy (non-hydrogen) atoms. The number of carbonyl (C=O) groups is 1. The third kappa shape index (κ3) is 4.31. The van der Waals surface area contributed by atoms with Crippen LogP contribution in [0.5, 0.6) is 0 Å². The molecule has 0 unspecified atom stereocenters. The number of anilines is 1. The fraction of sp³-hybridized carbons (Fsp3) is 0.500. The number of benzene rings is 1. The Balaban J connectivity index is 1.81. The van der Waals surface area contributed by atoms with E-state index in [9.17, 15) is 9.59 Å². The number of carboxylic acid groups (broad SMARTS) is 1. The molecule has 0 saturated carbocycles. The molecule has 3 rings (SSSR count). The zero-order valence-corrected chi connectivity index (χ0v) is 15.4. The topological polar surface area (TPSA) is 87.6 Å². The molecule has 0 spiro atoms. The molecule has 2 aromatic rings. The lowest BCUT2D eigenvalue weighted by Crippen LogP contribution is -2.36. The fourth-order valence-corrected chi connectivity index (χ4v) is 3.47. The summed E-state index contributed by atoms with van der Waals surface area (Å²) in [5.41, 5.74) is 1.65. The highest BCUT2D eigenvalue weighted by Crippen LogP contribution is 2.20. The standard InChI is InChI=1S/C18H23N3O4S/c22-16(23)4-2-1-3-7-21-17(24)14-12-13(20-8-10-25-11-9-20)5-6-15(14)19-18(21)26/h5-6,12H,1-4,7-11H2,(H,19,26)(H,22,23). The Bertz CT molecular complexity index is 899. The van der Waals surface area contributed by atoms with Crippen LogP contribution < -0.4 is 10.5 Å². The number of nitrogens with one attached hydrogen (secondary N) is 1. The van der Waals surface area contributed by atoms with Crippen LogP contribution in [0.3, 0.4) is 0 Å². The minimum Gasteiger partial charge on any atom is -0.481 e. The second-order valence-electron chi connectivity index (χ2n) is 6.42. The number of nitrogens with zero attached hydrogens (tertiary/aromatic N) is 2. The molecule has 0 radical (unpaired) electrons. The zero-order chi connectivity index (χ0) is 18.5. The number of morpholine rings is 1. The van der Waals surface area contributed by atoms with E-state index in [1.807, 2.05) is 18.2 Å². The number of hydrogen-bond donors (Lipinski definition) is 2. The highest BCUT2D eigenvalue weighted by atomic mass is 32.1. The number of H-pyrrole nitrogens is 1. The third-order valence-electron chi connectivity index (χ3n) is 4.61. The molecule has 0 aliphatic carbocycles. The van der Waals surface area contributed by atoms with Gasteiger partial charge in [-0.05, 0) is 43.3 Å². The summed E-state index contributed by atoms with van der Waals surface area (Å²) < 4.78 is 7.36. The van der Waals surface area contributed by atoms with E-state index in [1.54, 1.807) is 4.57 Å². The molecule has 2 N–H and O–H groups in total. The van der Waals surface area contributed by atoms with Gasteiger partial charge in [0.1, 0.15) is 0 Å². The van der Waals surface area contributed by atoms with Gasteiger partial charge < -0.3 is 19.7 Å². The molecule has 0 amide bonds. The highest BCUT2D eigenvalue weighted by Gasteiger charge is 2.13. The van der Waals surface area contributed by atoms with Crippen molar-refractivity contribution in [1.29, 1.82) is 0 Å². The van der Waals surface area contributed by atoms with Crippen molar-refractivity contribution in [2.45, 2.75) is 32.2 Å². The number of aliphatic carboxylic acids is 1. The molecule has 1 fully saturated rings. The first-order chi connectivity index (χ1) is 12.6. The van der Waals surface area contributed by atoms with Gasteiger partial charge in [-0.1, -0.05) is 6.42 Å². The van der Waals surface area contributed by atoms with Crippen molar-refractivity contribution in [1.82, 2.24) is 9.55 Å². The van der Waals surface area contributed by atoms with Crippen LogP contribution in [-0.2, 0) is 16.1 Å². The predicted molar refractivity (Wildman–Crippen MR) is 103 cm³/mol. The number of ether oxygens (including phenoxy) is 1. The molecule has 1 aliphatic heterocycles. The minimum atomic E-state index is -0.791. The van der Waals surface area contributed by atoms with Crippen LogP contribution in [0.15, 0.2) is 23.0 Å². The smallest absolute Gasteiger partial charge is 0.303 e. The maximum atomic E-state index is 12.9. The number of fused-ring (bicyclic) bond motifs is 1. The van der Waals surface area contributed by atoms with E-state index < -0.39 is 5.97 Å². The maximum absolute atomic E-state index is 12.9. The van der Waals surface area contributed by atoms with Crippen molar-refractivity contribution < 1.29 is 14.6 Å². The minimum absolute atomic E-state index is 0.0999. The van der Waals surface area contributed by atoms with Crippen molar-refractivity contribution in [3.05, 3.63) is 33.3 Å². The van der Waals surface area contributed by atoms with Crippen molar-refractivity contribution in [3.63, 3.8) is 0 Å². The summed E-state index contributed by atoms with van der Waals surface area (Å²) in [6, 6.07) is 5.80. The lowest BCUT2D eigenvalue weighted by molar-refractivity contribution is -0.137. The Morgan fingerprint density at radius 1 is 1.23 bits per heavy atom. The molecule has 0 atom stereocenters. The molecule has 1 saturated heterocycles. The molecular weight excluding hydrogens is 354 g/mol. The summed E-state index contributed by atoms with van der Waals surface area (Å²) in [5.74, 6) is -0.791. The Morgan fingerprint density at radius 2 is 2.00 bits per heavy atom. The summed E-state index contributed by atoms with van der Waals surface area (Å²) in [7, 11) is 0. The average molecular weight is 377 g/mol. The van der Waals surface area contributed by atoms with E-state index in [0.29, 0.717) is 36.3 Å². The first-order valence-electron chi connectivity index (χ1n) is 8.87. The molecule has 1 aromatic heterocycles. The van der Waals surface area contributed by atoms with E-state index in [2.05, 4.69) is 9.88 Å². The zero-order valence-electron chi connectivity index (χ0n) is 14.6. The van der Waals surface area contributed by atoms with Gasteiger partial charge in [0.05, 0.1) is 24.1 Å². The van der Waals surface area contributed by atoms with Crippen molar-refractivity contribution in [2.75, 3.05) is 31.2 Å². The Kier molecular flexibility index (Phi) is 6.05. The first-order valence-corrected chi connectivity index (χ1v) is 9.28. The van der Waals surface area contributed by atoms with Crippen molar-refractivity contribution in [3.8, 4) is 0 Å². The number of hydrogen-bond acceptors (Lipinski definition) is 5. The quantitative estimate of drug-likeness (QED) is 0.570. The monoisotopic (exact) mass is 377 g/mol. The van der Waals surface area contributed by atoms with Crippen LogP contribution in [0.1, 0.15) is 25.7 Å². The van der Waals surface area contributed by atoms with Crippen molar-refractivity contribution in [2.24, 2.45) is 0 Å². The number of rotatable bonds is 7. The van der Waals surface area contributed by atoms with Crippen LogP contribution in [-0.4, -0.2) is 46.9 Å². The highest BCUT2D eigenvalue weighted by molar-refractivity contribution is 7.71. The Hall–Kier alpha value is -2.19. The van der Waals surface area contributed by atoms with Crippen LogP contribution in [0.4, 0.5) is 5.69 Å². The van der Waals surface area contributed by atoms with Gasteiger partial charge in [0, 0.05) is 31.7 Å². The number of aromatic amines is 1. The largest absolute Gasteiger partial charge is 0.481 e. The second kappa shape index (κ2) is 8.46. The van der Waals surface area contributed by atoms with Gasteiger partial charge in [-0.2, -0.15) is 0 Å². The molecule has 140 valence electrons. The summed E-state index contributed by atoms with van der Waals surface area (Å²) in [5, 5.41) is 9.30. The van der Waals surface area contributed by atoms with Gasteiger partial charge in [0.2, 0.25) is 0 Å². The number of aromatic nitrogens is 2. The SMILES string of the molecule is O=C(O)CCCCCn1c(=S)[nH]c2ccc(N3CCOCC3)cc2c1=O. The Morgan fingerprint density at radius 3 is 2.73 bits per heavy atom. The van der Waals surface area contributed by atoms with Gasteiger partial charge in [-0.25, -0.2) is 0 Å². The van der Waals surface area contributed by atoms with Gasteiger partial charge in [0.25, 0.3) is 5.56 Å². The maximum Gasteiger partial charge on any atom is 0.303 e. The number of unbranched alkanes of at least 4 members (excludes halogenated alkanes) is 2. The van der Waals surface area contributed by atoms with Crippen molar-refractivity contribution >= 4 is 34.8 Å². The molecule has 2 heterocycles. The van der Waals surface area contributed by atoms with Crippen LogP contribution >= 0.6 is 12.2 Å². The summed E-state index contributed by atoms with van der Waals surface area (Å²) in [4.78, 5) is 28.8. The lowest BCUT2D eigenvalue weighted by Gasteiger charge is -2.29. The molecule has 0 bridgehead atoms. The number of carboxylic acids is 1. The van der Waals surface area contributed by atoms with E-state index in [4.69, 9.17) is 22.1 Å². The second-order valence-corrected chi connectivity index (χ2v) is 6.81. The Labute approximate surface area is 156 Å². The first kappa shape index (κ1) is 18.6. The van der Waals surface area contributed by atoms with E-state index >= 15 is 0 Å². The summed E-state index contributed by atoms with van der Waals surface area (Å²) in [6.45, 7) is 3.50. The van der Waals surface area contributed by atoms with Gasteiger partial charge in [-0.15, -0.1) is 0 Å². The molecule has 1 aromatic carbocycles. The summed E-state index contributed by atoms with van der Waals surface area (Å²) in [6.07, 6.45) is 2.23. The average Bonchev–Trinajstić information content (AvgIpc) is 2.64. The van der Waals surface area contributed by atoms with Gasteiger partial charge >= 0.3 is 5.97 Å². The fourth-order valence-electron chi connectivity index (χ4n) is 3.18. The van der Waals surface area contributed by atoms with Crippen LogP contribution in [0, 0.1) is 4.77 Å². The van der Waals surface area contributed by atoms with E-state index in [1.165, 1.54) is 0 Å². The molecule has 1 aliphatic rings. The molecular formula is C18H23N3O4S. The summed E-state index contributed by atoms with van der Waals surface area (Å²) >= 11 is 5.33. The van der Waals surface area contributed by atoms with Crippen LogP contribution in [0.2, 0.25) is 0 Å². The molecule has 8 heteroatoms. The third-order valence-corrected chi connectivity index (χ3v) is 4.94. The molecule has 7 nitrogen and oxygen atoms in total.